The van der Waals surface area contributed by atoms with Crippen molar-refractivity contribution in [3.8, 4) is 0 Å². The lowest BCUT2D eigenvalue weighted by atomic mass is 9.96. The van der Waals surface area contributed by atoms with Crippen LogP contribution in [-0.2, 0) is 44.9 Å². The summed E-state index contributed by atoms with van der Waals surface area (Å²) in [5.41, 5.74) is 5.43. The summed E-state index contributed by atoms with van der Waals surface area (Å²) in [6.07, 6.45) is -25.0. The highest BCUT2D eigenvalue weighted by Gasteiger charge is 2.44. The van der Waals surface area contributed by atoms with Gasteiger partial charge in [-0.2, -0.15) is 17.6 Å². The summed E-state index contributed by atoms with van der Waals surface area (Å²) in [5, 5.41) is 166. The number of benzene rings is 1. The summed E-state index contributed by atoms with van der Waals surface area (Å²) in [4.78, 5) is 144. The number of H-pyrrole nitrogens is 1. The van der Waals surface area contributed by atoms with Gasteiger partial charge >= 0.3 is 17.9 Å². The fourth-order valence-electron chi connectivity index (χ4n) is 7.11. The molecule has 3 rings (SSSR count). The summed E-state index contributed by atoms with van der Waals surface area (Å²) in [7, 11) is 0. The van der Waals surface area contributed by atoms with E-state index in [0.717, 1.165) is 0 Å². The van der Waals surface area contributed by atoms with Crippen LogP contribution in [0.5, 0.6) is 0 Å². The van der Waals surface area contributed by atoms with Crippen LogP contribution in [0.4, 0.5) is 11.6 Å². The monoisotopic (exact) mass is 1190 g/mol. The van der Waals surface area contributed by atoms with Crippen molar-refractivity contribution in [3.63, 3.8) is 0 Å². The van der Waals surface area contributed by atoms with Crippen LogP contribution in [-0.4, -0.2) is 267 Å². The maximum Gasteiger partial charge on any atom is 0.327 e. The Morgan fingerprint density at radius 2 is 1.05 bits per heavy atom. The number of anilines is 2. The number of nitrogens with one attached hydrogen (secondary N) is 8. The molecule has 2 heterocycles. The molecule has 38 heteroatoms. The Bertz CT molecular complexity index is 2780. The highest BCUT2D eigenvalue weighted by atomic mass is 32.1. The molecule has 2 aromatic heterocycles. The molecule has 0 spiro atoms. The van der Waals surface area contributed by atoms with Gasteiger partial charge in [-0.3, -0.25) is 43.3 Å². The smallest absolute Gasteiger partial charge is 0.327 e. The third-order valence-corrected chi connectivity index (χ3v) is 12.1. The topological polar surface area (TPSA) is 639 Å². The van der Waals surface area contributed by atoms with Gasteiger partial charge in [-0.05, 0) is 30.7 Å². The molecule has 37 nitrogen and oxygen atoms in total. The molecular formula is C44H62N12O25S. The first-order valence-electron chi connectivity index (χ1n) is 23.9. The Balaban J connectivity index is 1.87. The number of carboxylic acids is 3. The number of nitrogen functional groups attached to an aromatic ring is 1. The van der Waals surface area contributed by atoms with Crippen LogP contribution in [0.25, 0.3) is 11.2 Å². The highest BCUT2D eigenvalue weighted by Crippen LogP contribution is 2.15. The number of rotatable bonds is 34. The fraction of sp³-hybridized carbons (Fsp3) is 0.523. The lowest BCUT2D eigenvalue weighted by Crippen LogP contribution is -2.67. The zero-order chi connectivity index (χ0) is 61.9. The van der Waals surface area contributed by atoms with Gasteiger partial charge in [-0.15, -0.1) is 0 Å². The molecule has 0 bridgehead atoms. The molecule has 0 fully saturated rings. The second-order valence-electron chi connectivity index (χ2n) is 17.8. The van der Waals surface area contributed by atoms with Gasteiger partial charge in [-0.1, -0.05) is 0 Å². The number of nitrogens with zero attached hydrogens (tertiary/aromatic N) is 3. The molecule has 0 aliphatic heterocycles. The van der Waals surface area contributed by atoms with Gasteiger partial charge in [0.15, 0.2) is 11.2 Å². The molecule has 15 atom stereocenters. The van der Waals surface area contributed by atoms with Gasteiger partial charge < -0.3 is 120 Å². The number of aromatic nitrogens is 4. The third-order valence-electron chi connectivity index (χ3n) is 11.8. The summed E-state index contributed by atoms with van der Waals surface area (Å²) >= 11 is 3.75. The number of carboxylic acid groups (broad SMARTS) is 3. The van der Waals surface area contributed by atoms with E-state index in [4.69, 9.17) is 5.73 Å². The quantitative estimate of drug-likeness (QED) is 0.0247. The van der Waals surface area contributed by atoms with Crippen molar-refractivity contribution in [2.45, 2.75) is 117 Å². The standard InChI is InChI=1S/C44H62N12O25S/c45-44-55-35-28(41(77)56-44)48-16(9-47-35)8-46-15-3-1-14(2-4-15)36(72)49-17(42(78)79)5-6-23(63)52-25(32(69)29(66)20(60)10-57)38(74)50-18(7-24(64)65)37(73)53-27(34(71)31(68)22(62)12-59)40(76)54-26(33(70)30(67)21(61)11-58)39(75)51-19(13-82)43(80)81/h1-4,9,17-22,25-27,29-34,46,57-62,66-71,82H,5-8,10-13H2,(H,49,72)(H,50,74)(H,51,75)(H,52,63)(H,53,73)(H,54,76)(H,64,65)(H,78,79)(H,80,81)(H3,45,47,55,56,77)/t17?,18-,19?,20+,21+,22+,25-,26-,27-,29+,30+,31+,32+,33+,34+/m0/s1. The van der Waals surface area contributed by atoms with Crippen LogP contribution in [0.2, 0.25) is 0 Å². The van der Waals surface area contributed by atoms with Crippen molar-refractivity contribution in [2.24, 2.45) is 0 Å². The normalized spacial score (nSPS) is 16.9. The van der Waals surface area contributed by atoms with Gasteiger partial charge in [0, 0.05) is 23.4 Å². The number of aliphatic hydroxyl groups excluding tert-OH is 12. The number of amides is 6. The number of nitrogens with two attached hydrogens (primary N) is 1. The number of fused-ring (bicyclic) bond motifs is 1. The second-order valence-corrected chi connectivity index (χ2v) is 18.1. The van der Waals surface area contributed by atoms with Gasteiger partial charge in [0.2, 0.25) is 35.5 Å². The van der Waals surface area contributed by atoms with E-state index in [1.165, 1.54) is 30.5 Å². The molecule has 0 saturated heterocycles. The van der Waals surface area contributed by atoms with E-state index in [-0.39, 0.29) is 29.2 Å². The number of thiol groups is 1. The molecule has 82 heavy (non-hydrogen) atoms. The summed E-state index contributed by atoms with van der Waals surface area (Å²) < 4.78 is 0. The van der Waals surface area contributed by atoms with E-state index in [1.54, 1.807) is 21.3 Å². The van der Waals surface area contributed by atoms with Crippen molar-refractivity contribution in [3.05, 3.63) is 52.1 Å². The SMILES string of the molecule is Nc1nc2ncc(CNc3ccc(C(=O)NC(CCC(=O)N[C@H](C(=O)N[C@@H](CC(=O)O)C(=O)N[C@H](C(=O)N[C@H](C(=O)NC(CS)C(=O)O)[C@@H](O)[C@H](O)[C@H](O)CO)[C@@H](O)[C@H](O)[C@H](O)CO)[C@@H](O)[C@H](O)[C@H](O)CO)C(=O)O)cc3)nc2c(=O)[nH]1. The van der Waals surface area contributed by atoms with E-state index in [1.807, 2.05) is 5.32 Å². The number of carbonyl (C=O) groups excluding carboxylic acids is 6. The minimum absolute atomic E-state index is 0.00368. The summed E-state index contributed by atoms with van der Waals surface area (Å²) in [6, 6.07) is -9.05. The zero-order valence-corrected chi connectivity index (χ0v) is 43.3. The Morgan fingerprint density at radius 3 is 1.51 bits per heavy atom. The Labute approximate surface area is 465 Å². The maximum absolute atomic E-state index is 13.9. The van der Waals surface area contributed by atoms with Crippen molar-refractivity contribution >= 4 is 88.8 Å². The predicted octanol–water partition coefficient (Wildman–Crippen LogP) is -12.0. The van der Waals surface area contributed by atoms with Gasteiger partial charge in [0.25, 0.3) is 11.5 Å². The number of carbonyl (C=O) groups is 9. The number of hydrogen-bond donors (Lipinski definition) is 25. The molecule has 1 aromatic carbocycles. The predicted molar refractivity (Wildman–Crippen MR) is 273 cm³/mol. The summed E-state index contributed by atoms with van der Waals surface area (Å²) in [6.45, 7) is -3.94. The van der Waals surface area contributed by atoms with Gasteiger partial charge in [0.1, 0.15) is 91.2 Å². The Hall–Kier alpha value is -7.86. The zero-order valence-electron chi connectivity index (χ0n) is 42.4. The maximum atomic E-state index is 13.9. The molecule has 454 valence electrons. The highest BCUT2D eigenvalue weighted by molar-refractivity contribution is 7.80. The van der Waals surface area contributed by atoms with Crippen LogP contribution in [0.3, 0.4) is 0 Å². The number of aromatic amines is 1. The van der Waals surface area contributed by atoms with Crippen molar-refractivity contribution in [1.82, 2.24) is 51.8 Å². The number of aliphatic hydroxyl groups is 12. The summed E-state index contributed by atoms with van der Waals surface area (Å²) in [5.74, 6) is -16.0. The van der Waals surface area contributed by atoms with E-state index in [9.17, 15) is 125 Å². The van der Waals surface area contributed by atoms with E-state index < -0.39 is 195 Å². The van der Waals surface area contributed by atoms with Crippen LogP contribution >= 0.6 is 12.6 Å². The fourth-order valence-corrected chi connectivity index (χ4v) is 7.36. The molecule has 0 saturated carbocycles. The Kier molecular flexibility index (Phi) is 26.7. The second kappa shape index (κ2) is 32.0. The third kappa shape index (κ3) is 19.4. The van der Waals surface area contributed by atoms with Crippen molar-refractivity contribution in [2.75, 3.05) is 36.6 Å². The molecule has 6 amide bonds. The lowest BCUT2D eigenvalue weighted by molar-refractivity contribution is -0.148. The van der Waals surface area contributed by atoms with E-state index in [2.05, 4.69) is 43.2 Å². The molecule has 25 N–H and O–H groups in total. The number of hydrogen-bond acceptors (Lipinski definition) is 28. The molecule has 2 unspecified atom stereocenters. The first-order chi connectivity index (χ1) is 38.5. The molecular weight excluding hydrogens is 1130 g/mol. The van der Waals surface area contributed by atoms with Crippen LogP contribution in [0, 0.1) is 0 Å². The van der Waals surface area contributed by atoms with Gasteiger partial charge in [-0.25, -0.2) is 19.6 Å². The molecule has 0 radical (unpaired) electrons. The molecule has 3 aromatic rings. The average Bonchev–Trinajstić information content (AvgIpc) is 3.62. The van der Waals surface area contributed by atoms with Crippen molar-refractivity contribution in [1.29, 1.82) is 0 Å². The Morgan fingerprint density at radius 1 is 0.585 bits per heavy atom. The first kappa shape index (κ1) is 68.4. The molecule has 0 aliphatic rings. The minimum Gasteiger partial charge on any atom is -0.481 e. The van der Waals surface area contributed by atoms with Crippen LogP contribution < -0.4 is 48.5 Å². The largest absolute Gasteiger partial charge is 0.481 e. The van der Waals surface area contributed by atoms with Crippen molar-refractivity contribution < 1.29 is 120 Å². The first-order valence-corrected chi connectivity index (χ1v) is 24.5. The lowest BCUT2D eigenvalue weighted by Gasteiger charge is -2.33. The molecule has 0 aliphatic carbocycles. The van der Waals surface area contributed by atoms with Crippen LogP contribution in [0.15, 0.2) is 35.3 Å². The van der Waals surface area contributed by atoms with Gasteiger partial charge in [0.05, 0.1) is 44.7 Å². The average molecular weight is 1190 g/mol. The van der Waals surface area contributed by atoms with E-state index in [0.29, 0.717) is 11.4 Å². The van der Waals surface area contributed by atoms with Crippen LogP contribution in [0.1, 0.15) is 35.3 Å². The minimum atomic E-state index is -2.87. The number of aliphatic carboxylic acids is 3. The van der Waals surface area contributed by atoms with E-state index >= 15 is 0 Å².